The summed E-state index contributed by atoms with van der Waals surface area (Å²) >= 11 is 0. The van der Waals surface area contributed by atoms with E-state index in [1.807, 2.05) is 30.3 Å². The SMILES string of the molecule is N=C(N)C(C(N)=O)=C(N)c1ccc(Oc2ccccc2)cc1. The van der Waals surface area contributed by atoms with Gasteiger partial charge in [-0.1, -0.05) is 18.2 Å². The zero-order valence-corrected chi connectivity index (χ0v) is 11.7. The van der Waals surface area contributed by atoms with E-state index in [0.717, 1.165) is 0 Å². The Balaban J connectivity index is 2.27. The van der Waals surface area contributed by atoms with Gasteiger partial charge in [-0.2, -0.15) is 0 Å². The number of ether oxygens (including phenoxy) is 1. The highest BCUT2D eigenvalue weighted by molar-refractivity contribution is 6.23. The third kappa shape index (κ3) is 3.43. The molecule has 112 valence electrons. The highest BCUT2D eigenvalue weighted by Crippen LogP contribution is 2.23. The van der Waals surface area contributed by atoms with Crippen LogP contribution < -0.4 is 21.9 Å². The lowest BCUT2D eigenvalue weighted by molar-refractivity contribution is -0.114. The lowest BCUT2D eigenvalue weighted by atomic mass is 10.1. The molecule has 2 rings (SSSR count). The Kier molecular flexibility index (Phi) is 4.43. The topological polar surface area (TPSA) is 128 Å². The quantitative estimate of drug-likeness (QED) is 0.379. The fourth-order valence-electron chi connectivity index (χ4n) is 1.88. The molecule has 6 heteroatoms. The van der Waals surface area contributed by atoms with Crippen molar-refractivity contribution < 1.29 is 9.53 Å². The molecule has 1 amide bonds. The van der Waals surface area contributed by atoms with Crippen LogP contribution in [0, 0.1) is 5.41 Å². The van der Waals surface area contributed by atoms with Crippen molar-refractivity contribution in [3.8, 4) is 11.5 Å². The molecule has 2 aromatic carbocycles. The van der Waals surface area contributed by atoms with E-state index in [9.17, 15) is 4.79 Å². The number of para-hydroxylation sites is 1. The summed E-state index contributed by atoms with van der Waals surface area (Å²) < 4.78 is 5.65. The molecule has 0 aliphatic carbocycles. The van der Waals surface area contributed by atoms with Gasteiger partial charge in [0.2, 0.25) is 0 Å². The second-order valence-corrected chi connectivity index (χ2v) is 4.51. The van der Waals surface area contributed by atoms with E-state index in [1.165, 1.54) is 0 Å². The van der Waals surface area contributed by atoms with Crippen molar-refractivity contribution in [2.45, 2.75) is 0 Å². The first-order valence-electron chi connectivity index (χ1n) is 6.46. The standard InChI is InChI=1S/C16H16N4O2/c17-14(13(15(18)19)16(20)21)10-6-8-12(9-7-10)22-11-4-2-1-3-5-11/h1-9H,17H2,(H3,18,19)(H2,20,21). The molecule has 6 nitrogen and oxygen atoms in total. The van der Waals surface area contributed by atoms with Crippen LogP contribution >= 0.6 is 0 Å². The van der Waals surface area contributed by atoms with Gasteiger partial charge in [0.25, 0.3) is 5.91 Å². The van der Waals surface area contributed by atoms with Crippen molar-refractivity contribution in [2.24, 2.45) is 17.2 Å². The summed E-state index contributed by atoms with van der Waals surface area (Å²) in [4.78, 5) is 11.3. The molecule has 0 aliphatic rings. The second kappa shape index (κ2) is 6.45. The van der Waals surface area contributed by atoms with Crippen molar-refractivity contribution in [1.29, 1.82) is 5.41 Å². The van der Waals surface area contributed by atoms with Crippen LogP contribution in [0.1, 0.15) is 5.56 Å². The number of hydrogen-bond donors (Lipinski definition) is 4. The fraction of sp³-hybridized carbons (Fsp3) is 0. The van der Waals surface area contributed by atoms with Crippen LogP contribution in [0.2, 0.25) is 0 Å². The lowest BCUT2D eigenvalue weighted by Crippen LogP contribution is -2.28. The molecule has 0 bridgehead atoms. The maximum absolute atomic E-state index is 11.3. The summed E-state index contributed by atoms with van der Waals surface area (Å²) in [5.41, 5.74) is 16.8. The van der Waals surface area contributed by atoms with Crippen LogP contribution in [-0.2, 0) is 4.79 Å². The number of primary amides is 1. The first kappa shape index (κ1) is 15.1. The third-order valence-corrected chi connectivity index (χ3v) is 2.93. The number of amides is 1. The Morgan fingerprint density at radius 3 is 1.91 bits per heavy atom. The summed E-state index contributed by atoms with van der Waals surface area (Å²) in [7, 11) is 0. The molecule has 0 aromatic heterocycles. The van der Waals surface area contributed by atoms with Gasteiger partial charge in [-0.25, -0.2) is 0 Å². The number of rotatable bonds is 5. The van der Waals surface area contributed by atoms with Crippen LogP contribution in [0.5, 0.6) is 11.5 Å². The average Bonchev–Trinajstić information content (AvgIpc) is 2.48. The number of benzene rings is 2. The Hall–Kier alpha value is -3.28. The largest absolute Gasteiger partial charge is 0.457 e. The van der Waals surface area contributed by atoms with E-state index in [1.54, 1.807) is 24.3 Å². The van der Waals surface area contributed by atoms with E-state index < -0.39 is 11.7 Å². The van der Waals surface area contributed by atoms with Gasteiger partial charge in [-0.05, 0) is 42.0 Å². The number of nitrogens with one attached hydrogen (secondary N) is 1. The molecule has 0 saturated heterocycles. The average molecular weight is 296 g/mol. The normalized spacial score (nSPS) is 11.5. The molecule has 0 radical (unpaired) electrons. The van der Waals surface area contributed by atoms with Gasteiger partial charge >= 0.3 is 0 Å². The molecule has 0 aliphatic heterocycles. The first-order chi connectivity index (χ1) is 10.5. The van der Waals surface area contributed by atoms with E-state index in [2.05, 4.69) is 0 Å². The lowest BCUT2D eigenvalue weighted by Gasteiger charge is -2.09. The van der Waals surface area contributed by atoms with E-state index in [-0.39, 0.29) is 11.3 Å². The van der Waals surface area contributed by atoms with E-state index >= 15 is 0 Å². The molecule has 7 N–H and O–H groups in total. The molecule has 0 atom stereocenters. The molecule has 0 heterocycles. The Morgan fingerprint density at radius 1 is 0.864 bits per heavy atom. The van der Waals surface area contributed by atoms with Gasteiger partial charge in [0, 0.05) is 0 Å². The second-order valence-electron chi connectivity index (χ2n) is 4.51. The number of amidine groups is 1. The molecule has 0 fully saturated rings. The highest BCUT2D eigenvalue weighted by Gasteiger charge is 2.15. The number of carbonyl (C=O) groups is 1. The predicted octanol–water partition coefficient (Wildman–Crippen LogP) is 1.57. The van der Waals surface area contributed by atoms with Crippen LogP contribution in [0.25, 0.3) is 5.70 Å². The summed E-state index contributed by atoms with van der Waals surface area (Å²) in [6, 6.07) is 16.1. The highest BCUT2D eigenvalue weighted by atomic mass is 16.5. The predicted molar refractivity (Wildman–Crippen MR) is 85.2 cm³/mol. The van der Waals surface area contributed by atoms with Crippen LogP contribution in [0.4, 0.5) is 0 Å². The minimum absolute atomic E-state index is 0.0614. The maximum Gasteiger partial charge on any atom is 0.254 e. The molecule has 0 saturated carbocycles. The first-order valence-corrected chi connectivity index (χ1v) is 6.46. The van der Waals surface area contributed by atoms with Gasteiger partial charge in [-0.3, -0.25) is 10.2 Å². The Bertz CT molecular complexity index is 706. The summed E-state index contributed by atoms with van der Waals surface area (Å²) in [6.07, 6.45) is 0. The molecule has 0 spiro atoms. The van der Waals surface area contributed by atoms with Crippen molar-refractivity contribution in [2.75, 3.05) is 0 Å². The smallest absolute Gasteiger partial charge is 0.254 e. The number of nitrogens with two attached hydrogens (primary N) is 3. The molecule has 22 heavy (non-hydrogen) atoms. The Morgan fingerprint density at radius 2 is 1.41 bits per heavy atom. The zero-order chi connectivity index (χ0) is 16.1. The maximum atomic E-state index is 11.3. The van der Waals surface area contributed by atoms with Crippen molar-refractivity contribution in [1.82, 2.24) is 0 Å². The minimum atomic E-state index is -0.838. The van der Waals surface area contributed by atoms with Crippen LogP contribution in [0.3, 0.4) is 0 Å². The third-order valence-electron chi connectivity index (χ3n) is 2.93. The van der Waals surface area contributed by atoms with Crippen LogP contribution in [0.15, 0.2) is 60.2 Å². The molecule has 0 unspecified atom stereocenters. The summed E-state index contributed by atoms with van der Waals surface area (Å²) in [5.74, 6) is 0.0238. The summed E-state index contributed by atoms with van der Waals surface area (Å²) in [6.45, 7) is 0. The van der Waals surface area contributed by atoms with Gasteiger partial charge in [0.05, 0.1) is 5.70 Å². The van der Waals surface area contributed by atoms with Crippen molar-refractivity contribution >= 4 is 17.4 Å². The number of hydrogen-bond acceptors (Lipinski definition) is 4. The molecule has 2 aromatic rings. The van der Waals surface area contributed by atoms with Gasteiger partial charge in [0.1, 0.15) is 22.9 Å². The molecular weight excluding hydrogens is 280 g/mol. The van der Waals surface area contributed by atoms with Gasteiger partial charge < -0.3 is 21.9 Å². The minimum Gasteiger partial charge on any atom is -0.457 e. The zero-order valence-electron chi connectivity index (χ0n) is 11.7. The van der Waals surface area contributed by atoms with Crippen molar-refractivity contribution in [3.63, 3.8) is 0 Å². The van der Waals surface area contributed by atoms with E-state index in [0.29, 0.717) is 17.1 Å². The summed E-state index contributed by atoms with van der Waals surface area (Å²) in [5, 5.41) is 7.37. The van der Waals surface area contributed by atoms with Gasteiger partial charge in [-0.15, -0.1) is 0 Å². The fourth-order valence-corrected chi connectivity index (χ4v) is 1.88. The Labute approximate surface area is 127 Å². The number of carbonyl (C=O) groups excluding carboxylic acids is 1. The van der Waals surface area contributed by atoms with Gasteiger partial charge in [0.15, 0.2) is 0 Å². The monoisotopic (exact) mass is 296 g/mol. The van der Waals surface area contributed by atoms with Crippen molar-refractivity contribution in [3.05, 3.63) is 65.7 Å². The van der Waals surface area contributed by atoms with Crippen LogP contribution in [-0.4, -0.2) is 11.7 Å². The molecular formula is C16H16N4O2. The van der Waals surface area contributed by atoms with E-state index in [4.69, 9.17) is 27.3 Å².